The fraction of sp³-hybridized carbons (Fsp3) is 0.188. The van der Waals surface area contributed by atoms with Gasteiger partial charge in [0.05, 0.1) is 6.54 Å². The minimum atomic E-state index is 0.889. The van der Waals surface area contributed by atoms with Gasteiger partial charge in [0.25, 0.3) is 0 Å². The predicted molar refractivity (Wildman–Crippen MR) is 81.9 cm³/mol. The summed E-state index contributed by atoms with van der Waals surface area (Å²) >= 11 is 1.86. The van der Waals surface area contributed by atoms with Gasteiger partial charge < -0.3 is 5.32 Å². The Morgan fingerprint density at radius 1 is 1.00 bits per heavy atom. The number of nitrogens with one attached hydrogen (secondary N) is 1. The maximum atomic E-state index is 4.43. The van der Waals surface area contributed by atoms with Crippen LogP contribution in [-0.4, -0.2) is 18.9 Å². The number of hydrogen-bond acceptors (Lipinski definition) is 3. The quantitative estimate of drug-likeness (QED) is 0.860. The van der Waals surface area contributed by atoms with Crippen molar-refractivity contribution in [3.05, 3.63) is 65.7 Å². The summed E-state index contributed by atoms with van der Waals surface area (Å²) in [7, 11) is 0. The van der Waals surface area contributed by atoms with Crippen LogP contribution < -0.4 is 5.32 Å². The first-order valence-corrected chi connectivity index (χ1v) is 7.46. The van der Waals surface area contributed by atoms with Gasteiger partial charge >= 0.3 is 0 Å². The maximum Gasteiger partial charge on any atom is 0.128 e. The number of nitrogens with zero attached hydrogens (tertiary/aromatic N) is 1. The van der Waals surface area contributed by atoms with Crippen LogP contribution in [0.15, 0.2) is 64.5 Å². The highest BCUT2D eigenvalue weighted by Gasteiger charge is 2.07. The van der Waals surface area contributed by atoms with Crippen molar-refractivity contribution in [1.29, 1.82) is 0 Å². The fourth-order valence-electron chi connectivity index (χ4n) is 2.04. The number of benzene rings is 2. The summed E-state index contributed by atoms with van der Waals surface area (Å²) in [5.74, 6) is 2.04. The SMILES string of the molecule is c1ccc(CSc2ccc(C3=NCCN3)cc2)cc1. The molecule has 0 spiro atoms. The summed E-state index contributed by atoms with van der Waals surface area (Å²) in [5, 5.41) is 3.29. The Morgan fingerprint density at radius 2 is 1.79 bits per heavy atom. The van der Waals surface area contributed by atoms with Gasteiger partial charge in [-0.25, -0.2) is 0 Å². The maximum absolute atomic E-state index is 4.43. The highest BCUT2D eigenvalue weighted by molar-refractivity contribution is 7.98. The van der Waals surface area contributed by atoms with Crippen molar-refractivity contribution >= 4 is 17.6 Å². The first kappa shape index (κ1) is 12.3. The second kappa shape index (κ2) is 5.93. The zero-order valence-electron chi connectivity index (χ0n) is 10.7. The number of rotatable bonds is 4. The molecule has 2 aromatic rings. The lowest BCUT2D eigenvalue weighted by atomic mass is 10.2. The Bertz CT molecular complexity index is 561. The minimum absolute atomic E-state index is 0.889. The Kier molecular flexibility index (Phi) is 3.84. The molecule has 0 atom stereocenters. The molecule has 0 saturated heterocycles. The van der Waals surface area contributed by atoms with Gasteiger partial charge in [0.15, 0.2) is 0 Å². The molecule has 0 amide bonds. The molecule has 1 aliphatic heterocycles. The van der Waals surface area contributed by atoms with Crippen LogP contribution in [0.3, 0.4) is 0 Å². The van der Waals surface area contributed by atoms with E-state index < -0.39 is 0 Å². The molecule has 3 heteroatoms. The van der Waals surface area contributed by atoms with Crippen LogP contribution in [0.4, 0.5) is 0 Å². The normalized spacial score (nSPS) is 14.0. The van der Waals surface area contributed by atoms with Gasteiger partial charge in [-0.2, -0.15) is 0 Å². The molecule has 0 fully saturated rings. The highest BCUT2D eigenvalue weighted by Crippen LogP contribution is 2.23. The molecule has 2 nitrogen and oxygen atoms in total. The summed E-state index contributed by atoms with van der Waals surface area (Å²) in [4.78, 5) is 5.73. The monoisotopic (exact) mass is 268 g/mol. The molecule has 0 aromatic heterocycles. The lowest BCUT2D eigenvalue weighted by Gasteiger charge is -2.05. The Labute approximate surface area is 118 Å². The average molecular weight is 268 g/mol. The molecule has 1 aliphatic rings. The van der Waals surface area contributed by atoms with E-state index in [9.17, 15) is 0 Å². The number of hydrogen-bond donors (Lipinski definition) is 1. The molecule has 0 bridgehead atoms. The van der Waals surface area contributed by atoms with Crippen molar-refractivity contribution in [3.8, 4) is 0 Å². The minimum Gasteiger partial charge on any atom is -0.368 e. The molecular formula is C16H16N2S. The van der Waals surface area contributed by atoms with Crippen LogP contribution in [0.2, 0.25) is 0 Å². The smallest absolute Gasteiger partial charge is 0.128 e. The van der Waals surface area contributed by atoms with Crippen LogP contribution in [-0.2, 0) is 5.75 Å². The number of thioether (sulfide) groups is 1. The summed E-state index contributed by atoms with van der Waals surface area (Å²) in [6.45, 7) is 1.85. The molecule has 0 saturated carbocycles. The molecule has 0 radical (unpaired) electrons. The van der Waals surface area contributed by atoms with Gasteiger partial charge in [-0.05, 0) is 17.7 Å². The highest BCUT2D eigenvalue weighted by atomic mass is 32.2. The summed E-state index contributed by atoms with van der Waals surface area (Å²) in [6.07, 6.45) is 0. The van der Waals surface area contributed by atoms with Gasteiger partial charge in [0.2, 0.25) is 0 Å². The Morgan fingerprint density at radius 3 is 2.47 bits per heavy atom. The third-order valence-corrected chi connectivity index (χ3v) is 4.13. The van der Waals surface area contributed by atoms with Gasteiger partial charge in [0, 0.05) is 22.8 Å². The topological polar surface area (TPSA) is 24.4 Å². The van der Waals surface area contributed by atoms with Crippen molar-refractivity contribution in [3.63, 3.8) is 0 Å². The van der Waals surface area contributed by atoms with Gasteiger partial charge in [0.1, 0.15) is 5.84 Å². The van der Waals surface area contributed by atoms with Crippen LogP contribution >= 0.6 is 11.8 Å². The van der Waals surface area contributed by atoms with E-state index >= 15 is 0 Å². The molecule has 2 aromatic carbocycles. The molecule has 19 heavy (non-hydrogen) atoms. The van der Waals surface area contributed by atoms with Gasteiger partial charge in [-0.15, -0.1) is 11.8 Å². The predicted octanol–water partition coefficient (Wildman–Crippen LogP) is 3.33. The average Bonchev–Trinajstić information content (AvgIpc) is 3.01. The van der Waals surface area contributed by atoms with Crippen molar-refractivity contribution in [2.24, 2.45) is 4.99 Å². The molecule has 0 unspecified atom stereocenters. The van der Waals surface area contributed by atoms with Crippen molar-refractivity contribution in [2.75, 3.05) is 13.1 Å². The van der Waals surface area contributed by atoms with E-state index in [2.05, 4.69) is 64.9 Å². The lowest BCUT2D eigenvalue weighted by Crippen LogP contribution is -2.19. The first-order chi connectivity index (χ1) is 9.42. The molecular weight excluding hydrogens is 252 g/mol. The summed E-state index contributed by atoms with van der Waals surface area (Å²) < 4.78 is 0. The largest absolute Gasteiger partial charge is 0.368 e. The second-order valence-electron chi connectivity index (χ2n) is 4.46. The molecule has 96 valence electrons. The van der Waals surface area contributed by atoms with Crippen molar-refractivity contribution in [2.45, 2.75) is 10.6 Å². The third-order valence-electron chi connectivity index (χ3n) is 3.05. The van der Waals surface area contributed by atoms with Crippen LogP contribution in [0.5, 0.6) is 0 Å². The van der Waals surface area contributed by atoms with E-state index in [0.29, 0.717) is 0 Å². The van der Waals surface area contributed by atoms with Crippen molar-refractivity contribution in [1.82, 2.24) is 5.32 Å². The Hall–Kier alpha value is -1.74. The number of amidine groups is 1. The molecule has 1 heterocycles. The summed E-state index contributed by atoms with van der Waals surface area (Å²) in [6, 6.07) is 19.2. The molecule has 1 N–H and O–H groups in total. The second-order valence-corrected chi connectivity index (χ2v) is 5.50. The van der Waals surface area contributed by atoms with E-state index in [1.54, 1.807) is 0 Å². The molecule has 3 rings (SSSR count). The van der Waals surface area contributed by atoms with E-state index in [-0.39, 0.29) is 0 Å². The van der Waals surface area contributed by atoms with E-state index in [0.717, 1.165) is 24.7 Å². The van der Waals surface area contributed by atoms with E-state index in [4.69, 9.17) is 0 Å². The zero-order valence-corrected chi connectivity index (χ0v) is 11.5. The van der Waals surface area contributed by atoms with E-state index in [1.165, 1.54) is 16.0 Å². The summed E-state index contributed by atoms with van der Waals surface area (Å²) in [5.41, 5.74) is 2.54. The standard InChI is InChI=1S/C16H16N2S/c1-2-4-13(5-3-1)12-19-15-8-6-14(7-9-15)16-17-10-11-18-16/h1-9H,10-12H2,(H,17,18). The van der Waals surface area contributed by atoms with Crippen LogP contribution in [0.1, 0.15) is 11.1 Å². The molecule has 0 aliphatic carbocycles. The Balaban J connectivity index is 1.63. The third kappa shape index (κ3) is 3.18. The van der Waals surface area contributed by atoms with Crippen molar-refractivity contribution < 1.29 is 0 Å². The van der Waals surface area contributed by atoms with Crippen LogP contribution in [0, 0.1) is 0 Å². The van der Waals surface area contributed by atoms with E-state index in [1.807, 2.05) is 11.8 Å². The van der Waals surface area contributed by atoms with Crippen LogP contribution in [0.25, 0.3) is 0 Å². The fourth-order valence-corrected chi connectivity index (χ4v) is 2.90. The zero-order chi connectivity index (χ0) is 12.9. The first-order valence-electron chi connectivity index (χ1n) is 6.47. The van der Waals surface area contributed by atoms with Gasteiger partial charge in [-0.1, -0.05) is 42.5 Å². The van der Waals surface area contributed by atoms with Gasteiger partial charge in [-0.3, -0.25) is 4.99 Å². The number of aliphatic imine (C=N–C) groups is 1. The lowest BCUT2D eigenvalue weighted by molar-refractivity contribution is 0.960.